The Kier molecular flexibility index (Phi) is 5.35. The van der Waals surface area contributed by atoms with Crippen LogP contribution in [0, 0.1) is 0 Å². The lowest BCUT2D eigenvalue weighted by Gasteiger charge is -2.30. The standard InChI is InChI=1S/C15H21ClN2OS/c1-4-13-15(19)18(10(2)9-20-3)14(17-13)11-5-7-12(16)8-6-11/h5-8,10,13-14,17H,4,9H2,1-3H3. The Morgan fingerprint density at radius 3 is 2.60 bits per heavy atom. The molecule has 1 fully saturated rings. The summed E-state index contributed by atoms with van der Waals surface area (Å²) in [5, 5.41) is 4.16. The third-order valence-corrected chi connectivity index (χ3v) is 4.73. The van der Waals surface area contributed by atoms with Crippen molar-refractivity contribution < 1.29 is 4.79 Å². The van der Waals surface area contributed by atoms with Gasteiger partial charge in [0.25, 0.3) is 0 Å². The van der Waals surface area contributed by atoms with E-state index in [1.165, 1.54) is 0 Å². The summed E-state index contributed by atoms with van der Waals surface area (Å²) in [6, 6.07) is 7.86. The van der Waals surface area contributed by atoms with Crippen molar-refractivity contribution in [3.63, 3.8) is 0 Å². The zero-order chi connectivity index (χ0) is 14.7. The second kappa shape index (κ2) is 6.83. The van der Waals surface area contributed by atoms with Gasteiger partial charge in [0.1, 0.15) is 6.17 Å². The lowest BCUT2D eigenvalue weighted by atomic mass is 10.1. The van der Waals surface area contributed by atoms with Crippen LogP contribution in [0.2, 0.25) is 5.02 Å². The topological polar surface area (TPSA) is 32.3 Å². The molecule has 0 aliphatic carbocycles. The molecule has 0 aromatic heterocycles. The van der Waals surface area contributed by atoms with Gasteiger partial charge in [-0.3, -0.25) is 10.1 Å². The van der Waals surface area contributed by atoms with E-state index in [4.69, 9.17) is 11.6 Å². The summed E-state index contributed by atoms with van der Waals surface area (Å²) in [6.07, 6.45) is 2.83. The second-order valence-corrected chi connectivity index (χ2v) is 6.48. The van der Waals surface area contributed by atoms with Gasteiger partial charge in [0, 0.05) is 16.8 Å². The number of carbonyl (C=O) groups is 1. The zero-order valence-electron chi connectivity index (χ0n) is 12.1. The monoisotopic (exact) mass is 312 g/mol. The maximum Gasteiger partial charge on any atom is 0.241 e. The van der Waals surface area contributed by atoms with Gasteiger partial charge in [-0.25, -0.2) is 0 Å². The Morgan fingerprint density at radius 1 is 1.40 bits per heavy atom. The number of halogens is 1. The fourth-order valence-electron chi connectivity index (χ4n) is 2.64. The Labute approximate surface area is 130 Å². The molecule has 1 saturated heterocycles. The normalized spacial score (nSPS) is 24.2. The molecular formula is C15H21ClN2OS. The molecule has 3 atom stereocenters. The molecule has 0 spiro atoms. The van der Waals surface area contributed by atoms with E-state index in [1.54, 1.807) is 11.8 Å². The van der Waals surface area contributed by atoms with Crippen molar-refractivity contribution >= 4 is 29.3 Å². The van der Waals surface area contributed by atoms with Gasteiger partial charge in [-0.2, -0.15) is 11.8 Å². The van der Waals surface area contributed by atoms with E-state index in [0.717, 1.165) is 17.7 Å². The molecule has 1 N–H and O–H groups in total. The average Bonchev–Trinajstić information content (AvgIpc) is 2.77. The van der Waals surface area contributed by atoms with Crippen molar-refractivity contribution in [1.29, 1.82) is 0 Å². The Bertz CT molecular complexity index is 465. The maximum atomic E-state index is 12.5. The molecule has 20 heavy (non-hydrogen) atoms. The quantitative estimate of drug-likeness (QED) is 0.905. The van der Waals surface area contributed by atoms with Gasteiger partial charge in [-0.1, -0.05) is 30.7 Å². The summed E-state index contributed by atoms with van der Waals surface area (Å²) in [4.78, 5) is 14.5. The first kappa shape index (κ1) is 15.7. The van der Waals surface area contributed by atoms with E-state index in [0.29, 0.717) is 5.02 Å². The number of benzene rings is 1. The van der Waals surface area contributed by atoms with Gasteiger partial charge in [0.2, 0.25) is 5.91 Å². The summed E-state index contributed by atoms with van der Waals surface area (Å²) in [5.74, 6) is 1.14. The average molecular weight is 313 g/mol. The summed E-state index contributed by atoms with van der Waals surface area (Å²) in [5.41, 5.74) is 1.09. The first-order valence-electron chi connectivity index (χ1n) is 6.91. The maximum absolute atomic E-state index is 12.5. The number of thioether (sulfide) groups is 1. The van der Waals surface area contributed by atoms with Crippen LogP contribution in [0.15, 0.2) is 24.3 Å². The van der Waals surface area contributed by atoms with Crippen LogP contribution < -0.4 is 5.32 Å². The van der Waals surface area contributed by atoms with E-state index in [-0.39, 0.29) is 24.2 Å². The van der Waals surface area contributed by atoms with Crippen LogP contribution in [-0.2, 0) is 4.79 Å². The number of nitrogens with zero attached hydrogens (tertiary/aromatic N) is 1. The van der Waals surface area contributed by atoms with Crippen molar-refractivity contribution in [2.75, 3.05) is 12.0 Å². The Morgan fingerprint density at radius 2 is 2.05 bits per heavy atom. The fraction of sp³-hybridized carbons (Fsp3) is 0.533. The molecule has 1 amide bonds. The minimum Gasteiger partial charge on any atom is -0.318 e. The molecule has 1 heterocycles. The molecule has 1 aliphatic rings. The molecule has 1 aliphatic heterocycles. The van der Waals surface area contributed by atoms with Crippen molar-refractivity contribution in [2.24, 2.45) is 0 Å². The highest BCUT2D eigenvalue weighted by molar-refractivity contribution is 7.98. The molecule has 1 aromatic carbocycles. The van der Waals surface area contributed by atoms with Crippen LogP contribution in [0.1, 0.15) is 32.0 Å². The number of amides is 1. The van der Waals surface area contributed by atoms with Crippen LogP contribution >= 0.6 is 23.4 Å². The lowest BCUT2D eigenvalue weighted by Crippen LogP contribution is -2.39. The fourth-order valence-corrected chi connectivity index (χ4v) is 3.41. The van der Waals surface area contributed by atoms with Crippen molar-refractivity contribution in [3.05, 3.63) is 34.9 Å². The third-order valence-electron chi connectivity index (χ3n) is 3.67. The Hall–Kier alpha value is -0.710. The molecule has 3 nitrogen and oxygen atoms in total. The molecule has 1 aromatic rings. The van der Waals surface area contributed by atoms with Crippen LogP contribution in [0.4, 0.5) is 0 Å². The van der Waals surface area contributed by atoms with Gasteiger partial charge in [0.15, 0.2) is 0 Å². The van der Waals surface area contributed by atoms with E-state index in [2.05, 4.69) is 18.5 Å². The minimum absolute atomic E-state index is 0.0492. The van der Waals surface area contributed by atoms with Crippen molar-refractivity contribution in [3.8, 4) is 0 Å². The molecular weight excluding hydrogens is 292 g/mol. The summed E-state index contributed by atoms with van der Waals surface area (Å²) in [7, 11) is 0. The SMILES string of the molecule is CCC1NC(c2ccc(Cl)cc2)N(C(C)CSC)C1=O. The van der Waals surface area contributed by atoms with Crippen LogP contribution in [0.5, 0.6) is 0 Å². The van der Waals surface area contributed by atoms with Crippen molar-refractivity contribution in [2.45, 2.75) is 38.5 Å². The number of hydrogen-bond acceptors (Lipinski definition) is 3. The molecule has 2 rings (SSSR count). The van der Waals surface area contributed by atoms with Gasteiger partial charge in [-0.15, -0.1) is 0 Å². The number of carbonyl (C=O) groups excluding carboxylic acids is 1. The van der Waals surface area contributed by atoms with Crippen molar-refractivity contribution in [1.82, 2.24) is 10.2 Å². The number of hydrogen-bond donors (Lipinski definition) is 1. The molecule has 0 radical (unpaired) electrons. The second-order valence-electron chi connectivity index (χ2n) is 5.13. The molecule has 3 unspecified atom stereocenters. The first-order chi connectivity index (χ1) is 9.58. The largest absolute Gasteiger partial charge is 0.318 e. The lowest BCUT2D eigenvalue weighted by molar-refractivity contribution is -0.131. The predicted octanol–water partition coefficient (Wildman–Crippen LogP) is 3.30. The highest BCUT2D eigenvalue weighted by Crippen LogP contribution is 2.30. The molecule has 110 valence electrons. The minimum atomic E-state index is -0.0833. The summed E-state index contributed by atoms with van der Waals surface area (Å²) >= 11 is 7.71. The predicted molar refractivity (Wildman–Crippen MR) is 86.1 cm³/mol. The van der Waals surface area contributed by atoms with Gasteiger partial charge >= 0.3 is 0 Å². The van der Waals surface area contributed by atoms with E-state index < -0.39 is 0 Å². The summed E-state index contributed by atoms with van der Waals surface area (Å²) < 4.78 is 0. The Balaban J connectivity index is 2.28. The highest BCUT2D eigenvalue weighted by Gasteiger charge is 2.40. The van der Waals surface area contributed by atoms with E-state index in [9.17, 15) is 4.79 Å². The van der Waals surface area contributed by atoms with Crippen LogP contribution in [-0.4, -0.2) is 34.9 Å². The summed E-state index contributed by atoms with van der Waals surface area (Å²) in [6.45, 7) is 4.15. The molecule has 0 saturated carbocycles. The number of rotatable bonds is 5. The molecule has 5 heteroatoms. The smallest absolute Gasteiger partial charge is 0.241 e. The van der Waals surface area contributed by atoms with Gasteiger partial charge in [0.05, 0.1) is 6.04 Å². The highest BCUT2D eigenvalue weighted by atomic mass is 35.5. The van der Waals surface area contributed by atoms with Gasteiger partial charge < -0.3 is 4.90 Å². The zero-order valence-corrected chi connectivity index (χ0v) is 13.7. The van der Waals surface area contributed by atoms with Gasteiger partial charge in [-0.05, 0) is 37.3 Å². The van der Waals surface area contributed by atoms with E-state index in [1.807, 2.05) is 36.1 Å². The van der Waals surface area contributed by atoms with Crippen LogP contribution in [0.3, 0.4) is 0 Å². The third kappa shape index (κ3) is 3.13. The first-order valence-corrected chi connectivity index (χ1v) is 8.68. The number of nitrogens with one attached hydrogen (secondary N) is 1. The van der Waals surface area contributed by atoms with Crippen LogP contribution in [0.25, 0.3) is 0 Å². The molecule has 0 bridgehead atoms. The van der Waals surface area contributed by atoms with E-state index >= 15 is 0 Å².